The lowest BCUT2D eigenvalue weighted by atomic mass is 9.98. The number of nitrogens with zero attached hydrogens (tertiary/aromatic N) is 2. The van der Waals surface area contributed by atoms with Crippen molar-refractivity contribution in [2.24, 2.45) is 10.9 Å². The number of nitrogens with one attached hydrogen (secondary N) is 2. The third-order valence-electron chi connectivity index (χ3n) is 4.20. The Bertz CT molecular complexity index is 539. The molecule has 1 heterocycles. The van der Waals surface area contributed by atoms with Crippen LogP contribution in [0.15, 0.2) is 4.99 Å². The number of guanidine groups is 1. The summed E-state index contributed by atoms with van der Waals surface area (Å²) >= 11 is 0. The van der Waals surface area contributed by atoms with Crippen molar-refractivity contribution in [3.05, 3.63) is 0 Å². The predicted molar refractivity (Wildman–Crippen MR) is 110 cm³/mol. The number of aliphatic imine (C=N–C) groups is 1. The zero-order valence-corrected chi connectivity index (χ0v) is 18.9. The number of ether oxygens (including phenoxy) is 1. The first kappa shape index (κ1) is 26.7. The van der Waals surface area contributed by atoms with Gasteiger partial charge in [-0.05, 0) is 38.5 Å². The maximum Gasteiger partial charge on any atom is 0.511 e. The van der Waals surface area contributed by atoms with Crippen LogP contribution in [-0.2, 0) is 14.8 Å². The lowest BCUT2D eigenvalue weighted by Crippen LogP contribution is -2.47. The standard InChI is InChI=1S/C15H29F3N4O3S.HI/c1-3-25-11-5-4-8-20-14(19-2)21-12-13-6-9-22(10-7-13)26(23,24)15(16,17)18;/h13H,3-12H2,1-2H3,(H2,19,20,21);1H. The molecule has 12 heteroatoms. The first-order valence-corrected chi connectivity index (χ1v) is 10.2. The summed E-state index contributed by atoms with van der Waals surface area (Å²) in [6.07, 6.45) is 2.65. The first-order chi connectivity index (χ1) is 12.2. The third kappa shape index (κ3) is 9.13. The van der Waals surface area contributed by atoms with Gasteiger partial charge in [0.15, 0.2) is 5.96 Å². The van der Waals surface area contributed by atoms with Crippen molar-refractivity contribution in [1.29, 1.82) is 0 Å². The highest BCUT2D eigenvalue weighted by Crippen LogP contribution is 2.30. The van der Waals surface area contributed by atoms with Gasteiger partial charge in [0.2, 0.25) is 0 Å². The fraction of sp³-hybridized carbons (Fsp3) is 0.933. The number of alkyl halides is 3. The highest BCUT2D eigenvalue weighted by molar-refractivity contribution is 14.0. The molecule has 1 aliphatic rings. The third-order valence-corrected chi connectivity index (χ3v) is 5.83. The number of hydrogen-bond donors (Lipinski definition) is 2. The fourth-order valence-corrected chi connectivity index (χ4v) is 3.63. The Kier molecular flexibility index (Phi) is 12.8. The van der Waals surface area contributed by atoms with Crippen molar-refractivity contribution in [1.82, 2.24) is 14.9 Å². The highest BCUT2D eigenvalue weighted by atomic mass is 127. The second-order valence-electron chi connectivity index (χ2n) is 6.08. The van der Waals surface area contributed by atoms with Crippen molar-refractivity contribution in [2.45, 2.75) is 38.1 Å². The molecule has 0 saturated carbocycles. The van der Waals surface area contributed by atoms with E-state index < -0.39 is 15.5 Å². The summed E-state index contributed by atoms with van der Waals surface area (Å²) in [6, 6.07) is 0. The van der Waals surface area contributed by atoms with E-state index in [1.54, 1.807) is 7.05 Å². The van der Waals surface area contributed by atoms with Crippen molar-refractivity contribution >= 4 is 40.0 Å². The molecule has 0 unspecified atom stereocenters. The van der Waals surface area contributed by atoms with Gasteiger partial charge in [-0.2, -0.15) is 17.5 Å². The van der Waals surface area contributed by atoms with Gasteiger partial charge in [0.1, 0.15) is 0 Å². The van der Waals surface area contributed by atoms with E-state index in [4.69, 9.17) is 4.74 Å². The van der Waals surface area contributed by atoms with Gasteiger partial charge in [-0.3, -0.25) is 4.99 Å². The fourth-order valence-electron chi connectivity index (χ4n) is 2.64. The Morgan fingerprint density at radius 3 is 2.37 bits per heavy atom. The van der Waals surface area contributed by atoms with Crippen LogP contribution in [0.1, 0.15) is 32.6 Å². The molecule has 27 heavy (non-hydrogen) atoms. The Labute approximate surface area is 176 Å². The molecule has 0 amide bonds. The van der Waals surface area contributed by atoms with Gasteiger partial charge < -0.3 is 15.4 Å². The summed E-state index contributed by atoms with van der Waals surface area (Å²) in [7, 11) is -3.57. The summed E-state index contributed by atoms with van der Waals surface area (Å²) in [4.78, 5) is 4.10. The zero-order chi connectivity index (χ0) is 19.6. The molecule has 162 valence electrons. The molecular weight excluding hydrogens is 500 g/mol. The summed E-state index contributed by atoms with van der Waals surface area (Å²) in [5.41, 5.74) is -5.23. The van der Waals surface area contributed by atoms with Crippen LogP contribution >= 0.6 is 24.0 Å². The van der Waals surface area contributed by atoms with E-state index in [-0.39, 0.29) is 43.0 Å². The minimum atomic E-state index is -5.23. The summed E-state index contributed by atoms with van der Waals surface area (Å²) in [5.74, 6) is 0.734. The molecule has 0 radical (unpaired) electrons. The van der Waals surface area contributed by atoms with Crippen molar-refractivity contribution in [2.75, 3.05) is 46.4 Å². The van der Waals surface area contributed by atoms with E-state index in [0.717, 1.165) is 26.0 Å². The number of halogens is 4. The van der Waals surface area contributed by atoms with Crippen LogP contribution in [0.4, 0.5) is 13.2 Å². The molecular formula is C15H30F3IN4O3S. The van der Waals surface area contributed by atoms with E-state index in [9.17, 15) is 21.6 Å². The number of unbranched alkanes of at least 4 members (excludes halogenated alkanes) is 1. The molecule has 2 N–H and O–H groups in total. The van der Waals surface area contributed by atoms with Gasteiger partial charge in [0.25, 0.3) is 0 Å². The SMILES string of the molecule is CCOCCCCNC(=NC)NCC1CCN(S(=O)(=O)C(F)(F)F)CC1.I. The largest absolute Gasteiger partial charge is 0.511 e. The van der Waals surface area contributed by atoms with Crippen LogP contribution in [0.5, 0.6) is 0 Å². The second-order valence-corrected chi connectivity index (χ2v) is 8.01. The molecule has 1 aliphatic heterocycles. The summed E-state index contributed by atoms with van der Waals surface area (Å²) in [6.45, 7) is 4.44. The van der Waals surface area contributed by atoms with E-state index in [2.05, 4.69) is 15.6 Å². The highest BCUT2D eigenvalue weighted by Gasteiger charge is 2.50. The van der Waals surface area contributed by atoms with Crippen molar-refractivity contribution in [3.8, 4) is 0 Å². The molecule has 1 saturated heterocycles. The number of piperidine rings is 1. The van der Waals surface area contributed by atoms with Crippen LogP contribution in [0.2, 0.25) is 0 Å². The Morgan fingerprint density at radius 1 is 1.22 bits per heavy atom. The molecule has 0 aromatic carbocycles. The Morgan fingerprint density at radius 2 is 1.85 bits per heavy atom. The van der Waals surface area contributed by atoms with Gasteiger partial charge in [-0.25, -0.2) is 8.42 Å². The normalized spacial score (nSPS) is 17.4. The molecule has 7 nitrogen and oxygen atoms in total. The van der Waals surface area contributed by atoms with Gasteiger partial charge in [-0.15, -0.1) is 24.0 Å². The smallest absolute Gasteiger partial charge is 0.382 e. The second kappa shape index (κ2) is 13.0. The van der Waals surface area contributed by atoms with E-state index in [1.807, 2.05) is 6.92 Å². The van der Waals surface area contributed by atoms with E-state index in [1.165, 1.54) is 0 Å². The lowest BCUT2D eigenvalue weighted by Gasteiger charge is -2.31. The molecule has 0 aliphatic carbocycles. The van der Waals surface area contributed by atoms with Crippen LogP contribution < -0.4 is 10.6 Å². The number of hydrogen-bond acceptors (Lipinski definition) is 4. The molecule has 0 aromatic heterocycles. The van der Waals surface area contributed by atoms with Gasteiger partial charge in [-0.1, -0.05) is 0 Å². The predicted octanol–water partition coefficient (Wildman–Crippen LogP) is 2.15. The van der Waals surface area contributed by atoms with Crippen molar-refractivity contribution < 1.29 is 26.3 Å². The summed E-state index contributed by atoms with van der Waals surface area (Å²) < 4.78 is 66.2. The Balaban J connectivity index is 0.00000676. The Hall–Kier alpha value is -0.340. The van der Waals surface area contributed by atoms with Crippen LogP contribution in [0.25, 0.3) is 0 Å². The van der Waals surface area contributed by atoms with E-state index >= 15 is 0 Å². The lowest BCUT2D eigenvalue weighted by molar-refractivity contribution is -0.0496. The first-order valence-electron chi connectivity index (χ1n) is 8.81. The average molecular weight is 530 g/mol. The molecule has 0 bridgehead atoms. The number of sulfonamides is 1. The monoisotopic (exact) mass is 530 g/mol. The minimum absolute atomic E-state index is 0. The van der Waals surface area contributed by atoms with Crippen LogP contribution in [0, 0.1) is 5.92 Å². The topological polar surface area (TPSA) is 83.0 Å². The maximum absolute atomic E-state index is 12.6. The summed E-state index contributed by atoms with van der Waals surface area (Å²) in [5, 5.41) is 6.31. The molecule has 1 fully saturated rings. The van der Waals surface area contributed by atoms with Crippen LogP contribution in [0.3, 0.4) is 0 Å². The van der Waals surface area contributed by atoms with Gasteiger partial charge >= 0.3 is 15.5 Å². The van der Waals surface area contributed by atoms with Crippen LogP contribution in [-0.4, -0.2) is 70.6 Å². The van der Waals surface area contributed by atoms with Gasteiger partial charge in [0.05, 0.1) is 0 Å². The average Bonchev–Trinajstić information content (AvgIpc) is 2.60. The maximum atomic E-state index is 12.6. The molecule has 0 aromatic rings. The van der Waals surface area contributed by atoms with E-state index in [0.29, 0.717) is 36.3 Å². The molecule has 1 rings (SSSR count). The molecule has 0 atom stereocenters. The van der Waals surface area contributed by atoms with Gasteiger partial charge in [0, 0.05) is 46.4 Å². The quantitative estimate of drug-likeness (QED) is 0.207. The zero-order valence-electron chi connectivity index (χ0n) is 15.7. The minimum Gasteiger partial charge on any atom is -0.382 e. The number of rotatable bonds is 9. The molecule has 0 spiro atoms. The van der Waals surface area contributed by atoms with Crippen molar-refractivity contribution in [3.63, 3.8) is 0 Å².